The van der Waals surface area contributed by atoms with Gasteiger partial charge >= 0.3 is 0 Å². The van der Waals surface area contributed by atoms with Gasteiger partial charge in [0.05, 0.1) is 33.1 Å². The van der Waals surface area contributed by atoms with E-state index in [0.717, 1.165) is 50.2 Å². The number of hydrogen-bond donors (Lipinski definition) is 0. The third-order valence-corrected chi connectivity index (χ3v) is 10.7. The molecule has 0 bridgehead atoms. The Labute approximate surface area is 311 Å². The van der Waals surface area contributed by atoms with Crippen molar-refractivity contribution >= 4 is 54.6 Å². The molecule has 0 radical (unpaired) electrons. The average molecular weight is 689 g/mol. The lowest BCUT2D eigenvalue weighted by Crippen LogP contribution is -2.03. The summed E-state index contributed by atoms with van der Waals surface area (Å²) >= 11 is 0. The van der Waals surface area contributed by atoms with Gasteiger partial charge in [0.2, 0.25) is 0 Å². The molecule has 0 saturated carbocycles. The highest BCUT2D eigenvalue weighted by Crippen LogP contribution is 2.40. The quantitative estimate of drug-likeness (QED) is 0.180. The Morgan fingerprint density at radius 3 is 1.39 bits per heavy atom. The van der Waals surface area contributed by atoms with Gasteiger partial charge in [0.15, 0.2) is 5.82 Å². The molecule has 0 atom stereocenters. The lowest BCUT2D eigenvalue weighted by atomic mass is 10.0. The summed E-state index contributed by atoms with van der Waals surface area (Å²) in [5, 5.41) is 4.78. The number of nitrogens with zero attached hydrogens (tertiary/aromatic N) is 4. The van der Waals surface area contributed by atoms with E-state index in [0.29, 0.717) is 0 Å². The predicted octanol–water partition coefficient (Wildman–Crippen LogP) is 12.8. The first-order valence-electron chi connectivity index (χ1n) is 18.3. The molecule has 0 aliphatic heterocycles. The molecule has 3 aromatic heterocycles. The number of fused-ring (bicyclic) bond motifs is 7. The lowest BCUT2D eigenvalue weighted by molar-refractivity contribution is 1.08. The Morgan fingerprint density at radius 2 is 0.759 bits per heavy atom. The van der Waals surface area contributed by atoms with Crippen LogP contribution in [0.15, 0.2) is 194 Å². The topological polar surface area (TPSA) is 35.6 Å². The minimum atomic E-state index is 0.817. The van der Waals surface area contributed by atoms with Gasteiger partial charge in [0.25, 0.3) is 0 Å². The Balaban J connectivity index is 1.17. The van der Waals surface area contributed by atoms with Gasteiger partial charge in [-0.25, -0.2) is 9.97 Å². The van der Waals surface area contributed by atoms with Crippen LogP contribution in [0.3, 0.4) is 0 Å². The van der Waals surface area contributed by atoms with Gasteiger partial charge in [0, 0.05) is 32.8 Å². The zero-order valence-electron chi connectivity index (χ0n) is 29.3. The van der Waals surface area contributed by atoms with Crippen LogP contribution in [0.1, 0.15) is 0 Å². The monoisotopic (exact) mass is 688 g/mol. The van der Waals surface area contributed by atoms with E-state index in [2.05, 4.69) is 173 Å². The van der Waals surface area contributed by atoms with Crippen molar-refractivity contribution in [3.8, 4) is 45.0 Å². The van der Waals surface area contributed by atoms with Crippen molar-refractivity contribution < 1.29 is 0 Å². The van der Waals surface area contributed by atoms with Crippen molar-refractivity contribution in [2.24, 2.45) is 0 Å². The van der Waals surface area contributed by atoms with Gasteiger partial charge in [-0.2, -0.15) is 0 Å². The van der Waals surface area contributed by atoms with Crippen LogP contribution in [0.4, 0.5) is 0 Å². The zero-order chi connectivity index (χ0) is 35.6. The molecular weight excluding hydrogens is 657 g/mol. The van der Waals surface area contributed by atoms with Crippen molar-refractivity contribution in [2.75, 3.05) is 0 Å². The molecule has 4 nitrogen and oxygen atoms in total. The molecule has 0 unspecified atom stereocenters. The summed E-state index contributed by atoms with van der Waals surface area (Å²) in [5.74, 6) is 0.817. The van der Waals surface area contributed by atoms with Crippen LogP contribution in [0.2, 0.25) is 0 Å². The largest absolute Gasteiger partial charge is 0.309 e. The molecule has 0 aliphatic carbocycles. The second-order valence-corrected chi connectivity index (χ2v) is 13.8. The molecule has 0 saturated heterocycles. The normalized spacial score (nSPS) is 11.7. The van der Waals surface area contributed by atoms with Crippen LogP contribution in [0, 0.1) is 0 Å². The summed E-state index contributed by atoms with van der Waals surface area (Å²) in [6.07, 6.45) is 0. The molecule has 11 aromatic rings. The molecule has 0 fully saturated rings. The van der Waals surface area contributed by atoms with Crippen LogP contribution >= 0.6 is 0 Å². The first-order chi connectivity index (χ1) is 26.8. The minimum absolute atomic E-state index is 0.817. The van der Waals surface area contributed by atoms with Crippen molar-refractivity contribution in [1.82, 2.24) is 19.1 Å². The van der Waals surface area contributed by atoms with Gasteiger partial charge in [-0.3, -0.25) is 4.57 Å². The molecule has 0 N–H and O–H groups in total. The maximum atomic E-state index is 5.31. The lowest BCUT2D eigenvalue weighted by Gasteiger charge is -2.14. The van der Waals surface area contributed by atoms with E-state index in [9.17, 15) is 0 Å². The van der Waals surface area contributed by atoms with Crippen molar-refractivity contribution in [3.05, 3.63) is 194 Å². The van der Waals surface area contributed by atoms with E-state index >= 15 is 0 Å². The molecular formula is C50H32N4. The summed E-state index contributed by atoms with van der Waals surface area (Å²) in [6, 6.07) is 69.1. The smallest absolute Gasteiger partial charge is 0.165 e. The number of aromatic nitrogens is 4. The molecule has 54 heavy (non-hydrogen) atoms. The van der Waals surface area contributed by atoms with Crippen LogP contribution < -0.4 is 0 Å². The Kier molecular flexibility index (Phi) is 6.82. The number of benzene rings is 8. The van der Waals surface area contributed by atoms with Gasteiger partial charge in [-0.05, 0) is 82.9 Å². The highest BCUT2D eigenvalue weighted by Gasteiger charge is 2.21. The van der Waals surface area contributed by atoms with E-state index in [4.69, 9.17) is 9.97 Å². The van der Waals surface area contributed by atoms with Crippen LogP contribution in [-0.4, -0.2) is 19.1 Å². The predicted molar refractivity (Wildman–Crippen MR) is 225 cm³/mol. The highest BCUT2D eigenvalue weighted by molar-refractivity contribution is 6.13. The Hall–Kier alpha value is -7.30. The fourth-order valence-electron chi connectivity index (χ4n) is 8.19. The maximum absolute atomic E-state index is 5.31. The van der Waals surface area contributed by atoms with E-state index in [1.807, 2.05) is 30.3 Å². The molecule has 252 valence electrons. The average Bonchev–Trinajstić information content (AvgIpc) is 3.75. The standard InChI is InChI=1S/C50H32N4/c1-4-14-33(15-5-1)36-24-27-46-40(30-36)41-31-37(34-16-6-2-7-17-34)25-28-47(41)53(46)38-26-29-48-42(32-38)39-20-10-13-23-45(39)54(48)50-49(35-18-8-3-9-19-35)51-43-21-11-12-22-44(43)52-50/h1-32H. The second kappa shape index (κ2) is 12.1. The van der Waals surface area contributed by atoms with Gasteiger partial charge in [-0.1, -0.05) is 133 Å². The summed E-state index contributed by atoms with van der Waals surface area (Å²) < 4.78 is 4.71. The van der Waals surface area contributed by atoms with Crippen molar-refractivity contribution in [3.63, 3.8) is 0 Å². The Morgan fingerprint density at radius 1 is 0.296 bits per heavy atom. The van der Waals surface area contributed by atoms with E-state index in [-0.39, 0.29) is 0 Å². The molecule has 3 heterocycles. The number of rotatable bonds is 5. The summed E-state index contributed by atoms with van der Waals surface area (Å²) in [6.45, 7) is 0. The Bertz CT molecular complexity index is 3100. The van der Waals surface area contributed by atoms with E-state index < -0.39 is 0 Å². The zero-order valence-corrected chi connectivity index (χ0v) is 29.3. The number of hydrogen-bond acceptors (Lipinski definition) is 2. The molecule has 11 rings (SSSR count). The summed E-state index contributed by atoms with van der Waals surface area (Å²) in [5.41, 5.74) is 14.1. The van der Waals surface area contributed by atoms with E-state index in [1.165, 1.54) is 49.4 Å². The van der Waals surface area contributed by atoms with Gasteiger partial charge < -0.3 is 4.57 Å². The maximum Gasteiger partial charge on any atom is 0.165 e. The summed E-state index contributed by atoms with van der Waals surface area (Å²) in [4.78, 5) is 10.5. The first-order valence-corrected chi connectivity index (χ1v) is 18.3. The van der Waals surface area contributed by atoms with Crippen molar-refractivity contribution in [2.45, 2.75) is 0 Å². The van der Waals surface area contributed by atoms with Crippen molar-refractivity contribution in [1.29, 1.82) is 0 Å². The second-order valence-electron chi connectivity index (χ2n) is 13.8. The number of para-hydroxylation sites is 3. The van der Waals surface area contributed by atoms with Crippen LogP contribution in [0.25, 0.3) is 99.7 Å². The highest BCUT2D eigenvalue weighted by atomic mass is 15.1. The SMILES string of the molecule is c1ccc(-c2ccc3c(c2)c2cc(-c4ccccc4)ccc2n3-c2ccc3c(c2)c2ccccc2n3-c2nc3ccccc3nc2-c2ccccc2)cc1. The molecule has 0 spiro atoms. The summed E-state index contributed by atoms with van der Waals surface area (Å²) in [7, 11) is 0. The van der Waals surface area contributed by atoms with Crippen LogP contribution in [-0.2, 0) is 0 Å². The molecule has 8 aromatic carbocycles. The minimum Gasteiger partial charge on any atom is -0.309 e. The fourth-order valence-corrected chi connectivity index (χ4v) is 8.19. The van der Waals surface area contributed by atoms with Gasteiger partial charge in [0.1, 0.15) is 5.69 Å². The third kappa shape index (κ3) is 4.78. The molecule has 4 heteroatoms. The van der Waals surface area contributed by atoms with E-state index in [1.54, 1.807) is 0 Å². The van der Waals surface area contributed by atoms with Gasteiger partial charge in [-0.15, -0.1) is 0 Å². The molecule has 0 amide bonds. The first kappa shape index (κ1) is 30.3. The van der Waals surface area contributed by atoms with Crippen LogP contribution in [0.5, 0.6) is 0 Å². The molecule has 0 aliphatic rings. The third-order valence-electron chi connectivity index (χ3n) is 10.7. The fraction of sp³-hybridized carbons (Fsp3) is 0.